The van der Waals surface area contributed by atoms with Crippen LogP contribution in [0.2, 0.25) is 0 Å². The molecule has 0 radical (unpaired) electrons. The molecule has 0 aromatic heterocycles. The van der Waals surface area contributed by atoms with Gasteiger partial charge in [-0.2, -0.15) is 0 Å². The summed E-state index contributed by atoms with van der Waals surface area (Å²) >= 11 is 5.91. The van der Waals surface area contributed by atoms with Crippen molar-refractivity contribution in [1.29, 1.82) is 0 Å². The fourth-order valence-electron chi connectivity index (χ4n) is 1.99. The summed E-state index contributed by atoms with van der Waals surface area (Å²) in [5.41, 5.74) is 1.52. The van der Waals surface area contributed by atoms with E-state index in [9.17, 15) is 0 Å². The highest BCUT2D eigenvalue weighted by Crippen LogP contribution is 2.15. The first kappa shape index (κ1) is 15.5. The van der Waals surface area contributed by atoms with E-state index >= 15 is 0 Å². The lowest BCUT2D eigenvalue weighted by Gasteiger charge is -2.04. The molecule has 0 atom stereocenters. The van der Waals surface area contributed by atoms with Gasteiger partial charge in [0.25, 0.3) is 0 Å². The number of benzene rings is 1. The molecular formula is C15H22BrI. The average Bonchev–Trinajstić information content (AvgIpc) is 2.35. The third-order valence-corrected chi connectivity index (χ3v) is 4.65. The molecule has 1 rings (SSSR count). The number of hydrogen-bond acceptors (Lipinski definition) is 0. The first-order valence-electron chi connectivity index (χ1n) is 6.64. The minimum atomic E-state index is 1.17. The molecule has 0 saturated carbocycles. The van der Waals surface area contributed by atoms with Gasteiger partial charge in [-0.15, -0.1) is 0 Å². The second-order valence-corrected chi connectivity index (χ2v) is 6.46. The fourth-order valence-corrected chi connectivity index (χ4v) is 3.05. The zero-order valence-corrected chi connectivity index (χ0v) is 14.2. The van der Waals surface area contributed by atoms with E-state index in [1.165, 1.54) is 65.8 Å². The quantitative estimate of drug-likeness (QED) is 0.268. The predicted octanol–water partition coefficient (Wildman–Crippen LogP) is 5.96. The Morgan fingerprint density at radius 1 is 0.824 bits per heavy atom. The number of rotatable bonds is 9. The molecule has 0 aliphatic heterocycles. The van der Waals surface area contributed by atoms with Crippen LogP contribution in [0.4, 0.5) is 0 Å². The smallest absolute Gasteiger partial charge is 0.0162 e. The molecule has 96 valence electrons. The molecule has 0 aliphatic carbocycles. The zero-order chi connectivity index (χ0) is 12.3. The highest BCUT2D eigenvalue weighted by molar-refractivity contribution is 14.1. The molecule has 0 saturated heterocycles. The molecule has 0 heterocycles. The summed E-state index contributed by atoms with van der Waals surface area (Å²) in [4.78, 5) is 0. The number of unbranched alkanes of at least 4 members (excludes halogenated alkanes) is 6. The Balaban J connectivity index is 1.99. The first-order chi connectivity index (χ1) is 8.34. The number of alkyl halides is 1. The molecule has 2 heteroatoms. The number of hydrogen-bond donors (Lipinski definition) is 0. The van der Waals surface area contributed by atoms with Crippen LogP contribution in [0.25, 0.3) is 0 Å². The second-order valence-electron chi connectivity index (χ2n) is 4.51. The Morgan fingerprint density at radius 2 is 1.41 bits per heavy atom. The van der Waals surface area contributed by atoms with Crippen LogP contribution in [0.3, 0.4) is 0 Å². The molecule has 0 nitrogen and oxygen atoms in total. The average molecular weight is 409 g/mol. The fraction of sp³-hybridized carbons (Fsp3) is 0.600. The summed E-state index contributed by atoms with van der Waals surface area (Å²) in [5, 5.41) is 1.17. The zero-order valence-electron chi connectivity index (χ0n) is 10.4. The van der Waals surface area contributed by atoms with Crippen molar-refractivity contribution in [1.82, 2.24) is 0 Å². The van der Waals surface area contributed by atoms with Crippen molar-refractivity contribution in [3.63, 3.8) is 0 Å². The van der Waals surface area contributed by atoms with E-state index in [4.69, 9.17) is 0 Å². The largest absolute Gasteiger partial charge is 0.0928 e. The summed E-state index contributed by atoms with van der Waals surface area (Å²) in [6.07, 6.45) is 10.9. The van der Waals surface area contributed by atoms with E-state index in [1.54, 1.807) is 0 Å². The monoisotopic (exact) mass is 408 g/mol. The van der Waals surface area contributed by atoms with Crippen LogP contribution in [0.5, 0.6) is 0 Å². The lowest BCUT2D eigenvalue weighted by atomic mass is 10.0. The lowest BCUT2D eigenvalue weighted by molar-refractivity contribution is 0.591. The van der Waals surface area contributed by atoms with Crippen LogP contribution in [0.15, 0.2) is 24.3 Å². The topological polar surface area (TPSA) is 0 Å². The van der Waals surface area contributed by atoms with Gasteiger partial charge in [-0.3, -0.25) is 0 Å². The van der Waals surface area contributed by atoms with E-state index < -0.39 is 0 Å². The standard InChI is InChI=1S/C15H22BrI/c16-13-9-5-3-1-2-4-6-10-14-11-7-8-12-15(14)17/h7-8,11-12H,1-6,9-10,13H2. The van der Waals surface area contributed by atoms with Crippen LogP contribution >= 0.6 is 38.5 Å². The molecule has 0 aliphatic rings. The molecular weight excluding hydrogens is 387 g/mol. The van der Waals surface area contributed by atoms with Crippen molar-refractivity contribution in [2.24, 2.45) is 0 Å². The highest BCUT2D eigenvalue weighted by atomic mass is 127. The summed E-state index contributed by atoms with van der Waals surface area (Å²) in [7, 11) is 0. The third-order valence-electron chi connectivity index (χ3n) is 3.04. The molecule has 0 fully saturated rings. The normalized spacial score (nSPS) is 10.7. The van der Waals surface area contributed by atoms with Crippen molar-refractivity contribution in [3.8, 4) is 0 Å². The van der Waals surface area contributed by atoms with E-state index in [1.807, 2.05) is 0 Å². The lowest BCUT2D eigenvalue weighted by Crippen LogP contribution is -1.89. The van der Waals surface area contributed by atoms with Crippen LogP contribution in [0.1, 0.15) is 50.5 Å². The van der Waals surface area contributed by atoms with E-state index in [0.29, 0.717) is 0 Å². The third kappa shape index (κ3) is 7.45. The molecule has 0 N–H and O–H groups in total. The Morgan fingerprint density at radius 3 is 2.06 bits per heavy atom. The summed E-state index contributed by atoms with van der Waals surface area (Å²) in [5.74, 6) is 0. The van der Waals surface area contributed by atoms with Gasteiger partial charge in [0, 0.05) is 8.90 Å². The molecule has 0 amide bonds. The maximum absolute atomic E-state index is 3.48. The van der Waals surface area contributed by atoms with Gasteiger partial charge in [-0.25, -0.2) is 0 Å². The van der Waals surface area contributed by atoms with Crippen molar-refractivity contribution < 1.29 is 0 Å². The minimum Gasteiger partial charge on any atom is -0.0928 e. The molecule has 0 spiro atoms. The van der Waals surface area contributed by atoms with Crippen molar-refractivity contribution in [2.75, 3.05) is 5.33 Å². The van der Waals surface area contributed by atoms with Crippen molar-refractivity contribution in [2.45, 2.75) is 51.4 Å². The Hall–Kier alpha value is 0.430. The maximum atomic E-state index is 3.48. The van der Waals surface area contributed by atoms with E-state index in [-0.39, 0.29) is 0 Å². The molecule has 0 bridgehead atoms. The van der Waals surface area contributed by atoms with Gasteiger partial charge in [-0.05, 0) is 53.5 Å². The first-order valence-corrected chi connectivity index (χ1v) is 8.84. The van der Waals surface area contributed by atoms with Crippen molar-refractivity contribution >= 4 is 38.5 Å². The van der Waals surface area contributed by atoms with Gasteiger partial charge in [0.05, 0.1) is 0 Å². The van der Waals surface area contributed by atoms with E-state index in [0.717, 1.165) is 0 Å². The van der Waals surface area contributed by atoms with Gasteiger partial charge >= 0.3 is 0 Å². The number of aryl methyl sites for hydroxylation is 1. The van der Waals surface area contributed by atoms with Gasteiger partial charge < -0.3 is 0 Å². The van der Waals surface area contributed by atoms with E-state index in [2.05, 4.69) is 62.8 Å². The molecule has 17 heavy (non-hydrogen) atoms. The van der Waals surface area contributed by atoms with Gasteiger partial charge in [0.1, 0.15) is 0 Å². The van der Waals surface area contributed by atoms with Crippen LogP contribution in [-0.4, -0.2) is 5.33 Å². The Labute approximate surface area is 128 Å². The van der Waals surface area contributed by atoms with Crippen LogP contribution in [-0.2, 0) is 6.42 Å². The molecule has 1 aromatic rings. The highest BCUT2D eigenvalue weighted by Gasteiger charge is 1.98. The summed E-state index contributed by atoms with van der Waals surface area (Å²) in [6.45, 7) is 0. The SMILES string of the molecule is BrCCCCCCCCCc1ccccc1I. The second kappa shape index (κ2) is 10.4. The van der Waals surface area contributed by atoms with Gasteiger partial charge in [-0.1, -0.05) is 66.2 Å². The molecule has 1 aromatic carbocycles. The summed E-state index contributed by atoms with van der Waals surface area (Å²) in [6, 6.07) is 8.74. The molecule has 0 unspecified atom stereocenters. The van der Waals surface area contributed by atoms with Gasteiger partial charge in [0.15, 0.2) is 0 Å². The Bertz CT molecular complexity index is 299. The number of halogens is 2. The van der Waals surface area contributed by atoms with Crippen LogP contribution < -0.4 is 0 Å². The predicted molar refractivity (Wildman–Crippen MR) is 89.0 cm³/mol. The Kier molecular flexibility index (Phi) is 9.44. The maximum Gasteiger partial charge on any atom is 0.0162 e. The van der Waals surface area contributed by atoms with Gasteiger partial charge in [0.2, 0.25) is 0 Å². The minimum absolute atomic E-state index is 1.17. The van der Waals surface area contributed by atoms with Crippen molar-refractivity contribution in [3.05, 3.63) is 33.4 Å². The summed E-state index contributed by atoms with van der Waals surface area (Å²) < 4.78 is 1.42. The van der Waals surface area contributed by atoms with Crippen LogP contribution in [0, 0.1) is 3.57 Å².